The number of carbonyl (C=O) groups is 1. The summed E-state index contributed by atoms with van der Waals surface area (Å²) < 4.78 is 5.00. The number of rotatable bonds is 9. The van der Waals surface area contributed by atoms with Crippen LogP contribution >= 0.6 is 23.2 Å². The first-order valence-corrected chi connectivity index (χ1v) is 13.5. The largest absolute Gasteiger partial charge is 0.463 e. The molecule has 192 valence electrons. The summed E-state index contributed by atoms with van der Waals surface area (Å²) in [6.45, 7) is 10.6. The van der Waals surface area contributed by atoms with Crippen LogP contribution in [0, 0.1) is 13.8 Å². The molecule has 0 N–H and O–H groups in total. The zero-order chi connectivity index (χ0) is 26.9. The minimum atomic E-state index is -0.347. The van der Waals surface area contributed by atoms with Crippen LogP contribution in [0.25, 0.3) is 22.3 Å². The predicted molar refractivity (Wildman–Crippen MR) is 160 cm³/mol. The standard InChI is InChI=1S/C33H34Cl2O2/c1-6-27(26-18-19-30(34)23(5)21-26)32(28(7-2)33(35)29-12-10-9-11-22(29)4)25-16-13-24(14-17-25)15-20-31(36)37-8-3/h9-21H,6-8H2,1-5H3/b20-15+,32-27+,33-28-. The van der Waals surface area contributed by atoms with E-state index in [1.54, 1.807) is 13.0 Å². The summed E-state index contributed by atoms with van der Waals surface area (Å²) in [7, 11) is 0. The van der Waals surface area contributed by atoms with Gasteiger partial charge >= 0.3 is 5.97 Å². The Balaban J connectivity index is 2.25. The molecular formula is C33H34Cl2O2. The number of esters is 1. The first kappa shape index (κ1) is 28.5. The van der Waals surface area contributed by atoms with Gasteiger partial charge in [-0.15, -0.1) is 0 Å². The second-order valence-electron chi connectivity index (χ2n) is 8.84. The van der Waals surface area contributed by atoms with E-state index < -0.39 is 0 Å². The van der Waals surface area contributed by atoms with Crippen LogP contribution in [0.4, 0.5) is 0 Å². The summed E-state index contributed by atoms with van der Waals surface area (Å²) >= 11 is 13.5. The van der Waals surface area contributed by atoms with Crippen molar-refractivity contribution in [2.45, 2.75) is 47.5 Å². The van der Waals surface area contributed by atoms with Crippen LogP contribution in [-0.2, 0) is 9.53 Å². The van der Waals surface area contributed by atoms with Crippen molar-refractivity contribution >= 4 is 51.4 Å². The van der Waals surface area contributed by atoms with E-state index in [1.807, 2.05) is 37.3 Å². The molecule has 0 bridgehead atoms. The summed E-state index contributed by atoms with van der Waals surface area (Å²) in [4.78, 5) is 11.7. The van der Waals surface area contributed by atoms with E-state index in [2.05, 4.69) is 57.2 Å². The van der Waals surface area contributed by atoms with Crippen LogP contribution in [0.2, 0.25) is 5.02 Å². The maximum Gasteiger partial charge on any atom is 0.330 e. The molecule has 0 radical (unpaired) electrons. The molecule has 3 rings (SSSR count). The lowest BCUT2D eigenvalue weighted by atomic mass is 9.85. The second-order valence-corrected chi connectivity index (χ2v) is 9.62. The number of benzene rings is 3. The average Bonchev–Trinajstić information content (AvgIpc) is 2.90. The first-order valence-electron chi connectivity index (χ1n) is 12.7. The molecular weight excluding hydrogens is 499 g/mol. The molecule has 0 aromatic heterocycles. The van der Waals surface area contributed by atoms with E-state index >= 15 is 0 Å². The fraction of sp³-hybridized carbons (Fsp3) is 0.242. The van der Waals surface area contributed by atoms with Gasteiger partial charge in [0, 0.05) is 11.1 Å². The molecule has 37 heavy (non-hydrogen) atoms. The lowest BCUT2D eigenvalue weighted by Gasteiger charge is -2.21. The lowest BCUT2D eigenvalue weighted by molar-refractivity contribution is -0.137. The maximum absolute atomic E-state index is 11.7. The van der Waals surface area contributed by atoms with E-state index in [0.29, 0.717) is 6.61 Å². The van der Waals surface area contributed by atoms with Crippen molar-refractivity contribution in [3.8, 4) is 0 Å². The molecule has 0 aliphatic carbocycles. The third-order valence-corrected chi connectivity index (χ3v) is 7.22. The second kappa shape index (κ2) is 13.5. The Hall–Kier alpha value is -3.07. The zero-order valence-corrected chi connectivity index (χ0v) is 23.7. The number of carbonyl (C=O) groups excluding carboxylic acids is 1. The lowest BCUT2D eigenvalue weighted by Crippen LogP contribution is -2.00. The van der Waals surface area contributed by atoms with Crippen LogP contribution in [0.15, 0.2) is 78.4 Å². The summed E-state index contributed by atoms with van der Waals surface area (Å²) in [5.41, 5.74) is 9.76. The fourth-order valence-electron chi connectivity index (χ4n) is 4.43. The topological polar surface area (TPSA) is 26.3 Å². The summed E-state index contributed by atoms with van der Waals surface area (Å²) in [5.74, 6) is -0.347. The molecule has 0 aliphatic rings. The van der Waals surface area contributed by atoms with Gasteiger partial charge in [-0.05, 0) is 95.9 Å². The van der Waals surface area contributed by atoms with Crippen molar-refractivity contribution < 1.29 is 9.53 Å². The average molecular weight is 534 g/mol. The van der Waals surface area contributed by atoms with Gasteiger partial charge in [-0.25, -0.2) is 4.79 Å². The van der Waals surface area contributed by atoms with E-state index in [-0.39, 0.29) is 5.97 Å². The molecule has 4 heteroatoms. The van der Waals surface area contributed by atoms with Crippen LogP contribution in [0.1, 0.15) is 67.0 Å². The van der Waals surface area contributed by atoms with Gasteiger partial charge in [0.2, 0.25) is 0 Å². The Morgan fingerprint density at radius 3 is 2.14 bits per heavy atom. The normalized spacial score (nSPS) is 12.8. The zero-order valence-electron chi connectivity index (χ0n) is 22.2. The molecule has 0 spiro atoms. The number of ether oxygens (including phenoxy) is 1. The Bertz CT molecular complexity index is 1340. The van der Waals surface area contributed by atoms with Gasteiger partial charge in [0.15, 0.2) is 0 Å². The van der Waals surface area contributed by atoms with Crippen molar-refractivity contribution in [2.75, 3.05) is 6.61 Å². The SMILES string of the molecule is CCOC(=O)/C=C/c1ccc(C(/C(CC)=C(\Cl)c2ccccc2C)=C(/CC)c2ccc(Cl)c(C)c2)cc1. The van der Waals surface area contributed by atoms with Crippen molar-refractivity contribution in [3.63, 3.8) is 0 Å². The molecule has 2 nitrogen and oxygen atoms in total. The van der Waals surface area contributed by atoms with E-state index in [9.17, 15) is 4.79 Å². The Labute approximate surface area is 231 Å². The maximum atomic E-state index is 11.7. The molecule has 0 unspecified atom stereocenters. The smallest absolute Gasteiger partial charge is 0.330 e. The number of hydrogen-bond donors (Lipinski definition) is 0. The molecule has 3 aromatic rings. The third kappa shape index (κ3) is 7.03. The quantitative estimate of drug-likeness (QED) is 0.118. The molecule has 0 atom stereocenters. The van der Waals surface area contributed by atoms with Gasteiger partial charge in [0.25, 0.3) is 0 Å². The highest BCUT2D eigenvalue weighted by Gasteiger charge is 2.19. The van der Waals surface area contributed by atoms with E-state index in [1.165, 1.54) is 11.6 Å². The minimum Gasteiger partial charge on any atom is -0.463 e. The number of aryl methyl sites for hydroxylation is 2. The molecule has 0 heterocycles. The van der Waals surface area contributed by atoms with Gasteiger partial charge in [-0.1, -0.05) is 97.7 Å². The number of allylic oxidation sites excluding steroid dienone is 3. The number of hydrogen-bond acceptors (Lipinski definition) is 2. The van der Waals surface area contributed by atoms with Crippen molar-refractivity contribution in [2.24, 2.45) is 0 Å². The fourth-order valence-corrected chi connectivity index (χ4v) is 4.98. The van der Waals surface area contributed by atoms with Crippen LogP contribution < -0.4 is 0 Å². The van der Waals surface area contributed by atoms with Gasteiger partial charge in [0.1, 0.15) is 0 Å². The Morgan fingerprint density at radius 2 is 1.54 bits per heavy atom. The van der Waals surface area contributed by atoms with E-state index in [0.717, 1.165) is 67.4 Å². The minimum absolute atomic E-state index is 0.347. The molecule has 3 aromatic carbocycles. The number of halogens is 2. The van der Waals surface area contributed by atoms with E-state index in [4.69, 9.17) is 27.9 Å². The van der Waals surface area contributed by atoms with Gasteiger partial charge < -0.3 is 4.74 Å². The summed E-state index contributed by atoms with van der Waals surface area (Å²) in [6, 6.07) is 22.6. The van der Waals surface area contributed by atoms with Crippen molar-refractivity contribution in [1.29, 1.82) is 0 Å². The highest BCUT2D eigenvalue weighted by Crippen LogP contribution is 2.41. The third-order valence-electron chi connectivity index (χ3n) is 6.36. The first-order chi connectivity index (χ1) is 17.8. The highest BCUT2D eigenvalue weighted by atomic mass is 35.5. The van der Waals surface area contributed by atoms with Crippen LogP contribution in [0.5, 0.6) is 0 Å². The molecule has 0 aliphatic heterocycles. The Kier molecular flexibility index (Phi) is 10.4. The van der Waals surface area contributed by atoms with Crippen LogP contribution in [-0.4, -0.2) is 12.6 Å². The Morgan fingerprint density at radius 1 is 0.865 bits per heavy atom. The van der Waals surface area contributed by atoms with Gasteiger partial charge in [0.05, 0.1) is 11.6 Å². The van der Waals surface area contributed by atoms with Crippen LogP contribution in [0.3, 0.4) is 0 Å². The van der Waals surface area contributed by atoms with Gasteiger partial charge in [-0.2, -0.15) is 0 Å². The predicted octanol–water partition coefficient (Wildman–Crippen LogP) is 9.91. The molecule has 0 saturated carbocycles. The monoisotopic (exact) mass is 532 g/mol. The van der Waals surface area contributed by atoms with Crippen molar-refractivity contribution in [1.82, 2.24) is 0 Å². The van der Waals surface area contributed by atoms with Crippen molar-refractivity contribution in [3.05, 3.63) is 117 Å². The summed E-state index contributed by atoms with van der Waals surface area (Å²) in [6.07, 6.45) is 4.81. The molecule has 0 amide bonds. The molecule has 0 saturated heterocycles. The van der Waals surface area contributed by atoms with Gasteiger partial charge in [-0.3, -0.25) is 0 Å². The summed E-state index contributed by atoms with van der Waals surface area (Å²) in [5, 5.41) is 1.52. The molecule has 0 fully saturated rings. The highest BCUT2D eigenvalue weighted by molar-refractivity contribution is 6.50.